The van der Waals surface area contributed by atoms with Crippen molar-refractivity contribution in [1.29, 1.82) is 0 Å². The molecule has 6 aromatic heterocycles. The molecule has 308 valence electrons. The molecule has 62 heavy (non-hydrogen) atoms. The van der Waals surface area contributed by atoms with E-state index < -0.39 is 0 Å². The number of halogens is 4. The summed E-state index contributed by atoms with van der Waals surface area (Å²) >= 11 is 0. The minimum atomic E-state index is -0.281. The Morgan fingerprint density at radius 1 is 0.532 bits per heavy atom. The molecule has 10 aromatic rings. The predicted octanol–water partition coefficient (Wildman–Crippen LogP) is 9.03. The van der Waals surface area contributed by atoms with Gasteiger partial charge < -0.3 is 13.4 Å². The molecule has 0 aliphatic rings. The lowest BCUT2D eigenvalue weighted by atomic mass is 10.1. The van der Waals surface area contributed by atoms with Crippen LogP contribution in [-0.2, 0) is 25.9 Å². The van der Waals surface area contributed by atoms with Gasteiger partial charge in [-0.1, -0.05) is 60.7 Å². The van der Waals surface area contributed by atoms with Gasteiger partial charge >= 0.3 is 0 Å². The van der Waals surface area contributed by atoms with Crippen molar-refractivity contribution in [3.05, 3.63) is 209 Å². The highest BCUT2D eigenvalue weighted by atomic mass is 19.1. The molecule has 0 amide bonds. The summed E-state index contributed by atoms with van der Waals surface area (Å²) in [5.74, 6) is 0.764. The topological polar surface area (TPSA) is 109 Å². The van der Waals surface area contributed by atoms with Crippen LogP contribution in [0.2, 0.25) is 0 Å². The molecule has 15 heteroatoms. The molecule has 6 heterocycles. The Morgan fingerprint density at radius 2 is 1.05 bits per heavy atom. The van der Waals surface area contributed by atoms with Crippen LogP contribution in [0.25, 0.3) is 34.3 Å². The molecule has 0 fully saturated rings. The van der Waals surface area contributed by atoms with Crippen LogP contribution in [0.3, 0.4) is 0 Å². The number of aromatic nitrogens is 11. The van der Waals surface area contributed by atoms with Crippen LogP contribution in [0.15, 0.2) is 140 Å². The number of hydrogen-bond acceptors (Lipinski definition) is 7. The van der Waals surface area contributed by atoms with Gasteiger partial charge in [0.15, 0.2) is 17.1 Å². The fourth-order valence-corrected chi connectivity index (χ4v) is 7.19. The maximum atomic E-state index is 14.3. The molecule has 4 aromatic carbocycles. The maximum Gasteiger partial charge on any atom is 0.201 e. The molecule has 0 N–H and O–H groups in total. The number of fused-ring (bicyclic) bond motifs is 2. The van der Waals surface area contributed by atoms with Gasteiger partial charge in [-0.3, -0.25) is 0 Å². The van der Waals surface area contributed by atoms with Crippen molar-refractivity contribution in [2.24, 2.45) is 0 Å². The van der Waals surface area contributed by atoms with Crippen LogP contribution >= 0.6 is 0 Å². The summed E-state index contributed by atoms with van der Waals surface area (Å²) in [6.07, 6.45) is 13.3. The van der Waals surface area contributed by atoms with Gasteiger partial charge in [-0.25, -0.2) is 52.1 Å². The molecular weight excluding hydrogens is 795 g/mol. The van der Waals surface area contributed by atoms with Crippen molar-refractivity contribution in [1.82, 2.24) is 53.1 Å². The Morgan fingerprint density at radius 3 is 1.61 bits per heavy atom. The van der Waals surface area contributed by atoms with Gasteiger partial charge in [0, 0.05) is 62.8 Å². The van der Waals surface area contributed by atoms with E-state index in [1.807, 2.05) is 64.3 Å². The van der Waals surface area contributed by atoms with E-state index in [9.17, 15) is 17.6 Å². The van der Waals surface area contributed by atoms with E-state index in [2.05, 4.69) is 25.0 Å². The molecule has 0 saturated carbocycles. The van der Waals surface area contributed by atoms with Crippen molar-refractivity contribution < 1.29 is 17.6 Å². The lowest BCUT2D eigenvalue weighted by Crippen LogP contribution is -2.06. The zero-order valence-electron chi connectivity index (χ0n) is 33.5. The highest BCUT2D eigenvalue weighted by Crippen LogP contribution is 2.24. The van der Waals surface area contributed by atoms with E-state index in [4.69, 9.17) is 9.97 Å². The van der Waals surface area contributed by atoms with Gasteiger partial charge in [-0.15, -0.1) is 5.10 Å². The number of imidazole rings is 3. The van der Waals surface area contributed by atoms with Gasteiger partial charge in [0.2, 0.25) is 5.82 Å². The van der Waals surface area contributed by atoms with Crippen LogP contribution in [0.1, 0.15) is 45.2 Å². The summed E-state index contributed by atoms with van der Waals surface area (Å²) in [6, 6.07) is 26.0. The van der Waals surface area contributed by atoms with Crippen molar-refractivity contribution in [3.8, 4) is 23.0 Å². The third kappa shape index (κ3) is 8.59. The number of benzene rings is 4. The molecule has 0 atom stereocenters. The number of nitrogens with zero attached hydrogens (tertiary/aromatic N) is 11. The third-order valence-corrected chi connectivity index (χ3v) is 10.2. The first-order valence-electron chi connectivity index (χ1n) is 19.7. The zero-order chi connectivity index (χ0) is 42.7. The van der Waals surface area contributed by atoms with Gasteiger partial charge in [-0.05, 0) is 72.5 Å². The van der Waals surface area contributed by atoms with Crippen LogP contribution < -0.4 is 0 Å². The third-order valence-electron chi connectivity index (χ3n) is 10.2. The summed E-state index contributed by atoms with van der Waals surface area (Å²) < 4.78 is 62.4. The van der Waals surface area contributed by atoms with Gasteiger partial charge in [0.1, 0.15) is 40.5 Å². The molecule has 0 saturated heterocycles. The molecule has 0 bridgehead atoms. The van der Waals surface area contributed by atoms with Gasteiger partial charge in [0.05, 0.1) is 23.6 Å². The largest absolute Gasteiger partial charge is 0.325 e. The van der Waals surface area contributed by atoms with E-state index in [-0.39, 0.29) is 23.3 Å². The smallest absolute Gasteiger partial charge is 0.201 e. The van der Waals surface area contributed by atoms with Crippen molar-refractivity contribution in [2.75, 3.05) is 0 Å². The quantitative estimate of drug-likeness (QED) is 0.127. The normalized spacial score (nSPS) is 11.3. The highest BCUT2D eigenvalue weighted by Gasteiger charge is 2.18. The summed E-state index contributed by atoms with van der Waals surface area (Å²) in [5.41, 5.74) is 7.70. The van der Waals surface area contributed by atoms with E-state index in [1.165, 1.54) is 36.4 Å². The fraction of sp³-hybridized carbons (Fsp3) is 0.128. The minimum absolute atomic E-state index is 0.268. The summed E-state index contributed by atoms with van der Waals surface area (Å²) in [6.45, 7) is 4.77. The average Bonchev–Trinajstić information content (AvgIpc) is 4.09. The summed E-state index contributed by atoms with van der Waals surface area (Å²) in [4.78, 5) is 27.5. The van der Waals surface area contributed by atoms with Crippen molar-refractivity contribution in [2.45, 2.75) is 39.8 Å². The Hall–Kier alpha value is -7.81. The van der Waals surface area contributed by atoms with Crippen LogP contribution in [0, 0.1) is 37.1 Å². The van der Waals surface area contributed by atoms with E-state index in [0.29, 0.717) is 88.6 Å². The second kappa shape index (κ2) is 17.0. The molecule has 0 aliphatic carbocycles. The molecule has 10 rings (SSSR count). The Balaban J connectivity index is 0.000000158. The monoisotopic (exact) mass is 831 g/mol. The maximum absolute atomic E-state index is 14.3. The van der Waals surface area contributed by atoms with Crippen LogP contribution in [0.5, 0.6) is 0 Å². The van der Waals surface area contributed by atoms with Gasteiger partial charge in [0.25, 0.3) is 0 Å². The summed E-state index contributed by atoms with van der Waals surface area (Å²) in [7, 11) is 0. The van der Waals surface area contributed by atoms with Crippen molar-refractivity contribution in [3.63, 3.8) is 0 Å². The molecule has 0 radical (unpaired) electrons. The van der Waals surface area contributed by atoms with Crippen molar-refractivity contribution >= 4 is 11.3 Å². The molecular formula is C47H37F4N11. The number of rotatable bonds is 10. The summed E-state index contributed by atoms with van der Waals surface area (Å²) in [5, 5.41) is 4.60. The number of hydrogen-bond donors (Lipinski definition) is 0. The Kier molecular flexibility index (Phi) is 10.9. The first-order valence-corrected chi connectivity index (χ1v) is 19.7. The lowest BCUT2D eigenvalue weighted by Gasteiger charge is -2.11. The molecule has 0 aliphatic heterocycles. The zero-order valence-corrected chi connectivity index (χ0v) is 33.5. The van der Waals surface area contributed by atoms with E-state index >= 15 is 0 Å². The van der Waals surface area contributed by atoms with Crippen LogP contribution in [-0.4, -0.2) is 53.1 Å². The predicted molar refractivity (Wildman–Crippen MR) is 225 cm³/mol. The second-order valence-electron chi connectivity index (χ2n) is 14.7. The SMILES string of the molecule is Cc1cn(Cc2ccc(F)cc2)c(-c2cn3ccnc3c(Cc3ccccc3F)n2)n1.Cc1nc(-c2cn3ccnc3c(Cc3ccccc3F)n2)nn1Cc1ccc(F)cc1. The fourth-order valence-electron chi connectivity index (χ4n) is 7.19. The van der Waals surface area contributed by atoms with E-state index in [0.717, 1.165) is 16.8 Å². The average molecular weight is 832 g/mol. The highest BCUT2D eigenvalue weighted by molar-refractivity contribution is 5.57. The standard InChI is InChI=1S/C24H19F2N5.C23H18F2N6/c1-16-13-31(14-17-6-8-19(25)9-7-17)24(28-16)22-15-30-11-10-27-23(30)21(29-22)12-18-4-2-3-5-20(18)26;1-15-27-22(29-31(15)13-16-6-8-18(24)9-7-16)21-14-30-11-10-26-23(30)20(28-21)12-17-4-2-3-5-19(17)25/h2-11,13,15H,12,14H2,1H3;2-11,14H,12-13H2,1H3. The molecule has 0 unspecified atom stereocenters. The minimum Gasteiger partial charge on any atom is -0.325 e. The first-order chi connectivity index (χ1) is 30.1. The molecule has 0 spiro atoms. The first kappa shape index (κ1) is 39.6. The van der Waals surface area contributed by atoms with Gasteiger partial charge in [-0.2, -0.15) is 0 Å². The molecule has 11 nitrogen and oxygen atoms in total. The number of aryl methyl sites for hydroxylation is 2. The Labute approximate surface area is 352 Å². The second-order valence-corrected chi connectivity index (χ2v) is 14.7. The lowest BCUT2D eigenvalue weighted by molar-refractivity contribution is 0.613. The Bertz CT molecular complexity index is 3170. The van der Waals surface area contributed by atoms with Crippen LogP contribution in [0.4, 0.5) is 17.6 Å². The van der Waals surface area contributed by atoms with E-state index in [1.54, 1.807) is 71.7 Å².